The van der Waals surface area contributed by atoms with E-state index in [-0.39, 0.29) is 29.3 Å². The summed E-state index contributed by atoms with van der Waals surface area (Å²) in [6.45, 7) is 7.67. The molecule has 0 spiro atoms. The number of halogens is 1. The Morgan fingerprint density at radius 1 is 1.46 bits per heavy atom. The number of aliphatic hydroxyl groups is 1. The normalized spacial score (nSPS) is 13.0. The Kier molecular flexibility index (Phi) is 6.87. The van der Waals surface area contributed by atoms with Gasteiger partial charge in [-0.05, 0) is 45.4 Å². The molecule has 0 radical (unpaired) electrons. The van der Waals surface area contributed by atoms with Crippen molar-refractivity contribution in [3.05, 3.63) is 33.0 Å². The third kappa shape index (κ3) is 5.31. The van der Waals surface area contributed by atoms with Crippen LogP contribution >= 0.6 is 27.7 Å². The summed E-state index contributed by atoms with van der Waals surface area (Å²) in [5.41, 5.74) is 0.0610. The van der Waals surface area contributed by atoms with Crippen LogP contribution in [0.3, 0.4) is 0 Å². The molecule has 1 heterocycles. The number of nitrogens with one attached hydrogen (secondary N) is 1. The van der Waals surface area contributed by atoms with E-state index in [1.54, 1.807) is 19.1 Å². The third-order valence-corrected chi connectivity index (χ3v) is 5.49. The van der Waals surface area contributed by atoms with Crippen molar-refractivity contribution in [3.8, 4) is 0 Å². The van der Waals surface area contributed by atoms with E-state index in [0.717, 1.165) is 10.9 Å². The van der Waals surface area contributed by atoms with Gasteiger partial charge in [-0.3, -0.25) is 14.2 Å². The second-order valence-corrected chi connectivity index (χ2v) is 8.75. The van der Waals surface area contributed by atoms with Gasteiger partial charge in [0.05, 0.1) is 29.3 Å². The predicted molar refractivity (Wildman–Crippen MR) is 109 cm³/mol. The zero-order valence-electron chi connectivity index (χ0n) is 15.4. The number of hydrogen-bond donors (Lipinski definition) is 2. The molecular formula is C18H24BrN3O3S. The van der Waals surface area contributed by atoms with Crippen molar-refractivity contribution in [1.82, 2.24) is 14.9 Å². The Morgan fingerprint density at radius 3 is 2.77 bits per heavy atom. The highest BCUT2D eigenvalue weighted by Gasteiger charge is 2.19. The maximum atomic E-state index is 12.8. The van der Waals surface area contributed by atoms with E-state index in [0.29, 0.717) is 16.1 Å². The van der Waals surface area contributed by atoms with Crippen molar-refractivity contribution in [3.63, 3.8) is 0 Å². The molecule has 8 heteroatoms. The van der Waals surface area contributed by atoms with Gasteiger partial charge >= 0.3 is 0 Å². The van der Waals surface area contributed by atoms with Crippen LogP contribution in [0.2, 0.25) is 0 Å². The average molecular weight is 442 g/mol. The lowest BCUT2D eigenvalue weighted by Crippen LogP contribution is -2.43. The molecule has 1 aromatic carbocycles. The van der Waals surface area contributed by atoms with Crippen LogP contribution in [-0.2, 0) is 11.3 Å². The molecule has 6 nitrogen and oxygen atoms in total. The van der Waals surface area contributed by atoms with Crippen LogP contribution in [0, 0.1) is 0 Å². The summed E-state index contributed by atoms with van der Waals surface area (Å²) < 4.78 is 2.22. The molecule has 0 saturated carbocycles. The number of thioether (sulfide) groups is 1. The van der Waals surface area contributed by atoms with Crippen molar-refractivity contribution in [2.24, 2.45) is 0 Å². The maximum Gasteiger partial charge on any atom is 0.262 e. The molecule has 0 bridgehead atoms. The van der Waals surface area contributed by atoms with Crippen LogP contribution in [0.15, 0.2) is 32.6 Å². The van der Waals surface area contributed by atoms with Gasteiger partial charge < -0.3 is 10.4 Å². The predicted octanol–water partition coefficient (Wildman–Crippen LogP) is 2.94. The number of carbonyl (C=O) groups is 1. The smallest absolute Gasteiger partial charge is 0.262 e. The van der Waals surface area contributed by atoms with Crippen LogP contribution in [0.4, 0.5) is 0 Å². The fourth-order valence-electron chi connectivity index (χ4n) is 2.34. The van der Waals surface area contributed by atoms with Gasteiger partial charge in [-0.1, -0.05) is 34.6 Å². The van der Waals surface area contributed by atoms with Gasteiger partial charge in [0, 0.05) is 10.0 Å². The van der Waals surface area contributed by atoms with Crippen molar-refractivity contribution < 1.29 is 9.90 Å². The summed E-state index contributed by atoms with van der Waals surface area (Å²) in [5, 5.41) is 13.6. The lowest BCUT2D eigenvalue weighted by molar-refractivity contribution is -0.120. The zero-order valence-corrected chi connectivity index (χ0v) is 17.8. The van der Waals surface area contributed by atoms with Crippen LogP contribution in [0.25, 0.3) is 10.9 Å². The number of aromatic nitrogens is 2. The molecule has 2 rings (SSSR count). The third-order valence-electron chi connectivity index (χ3n) is 4.02. The van der Waals surface area contributed by atoms with Gasteiger partial charge in [-0.25, -0.2) is 4.98 Å². The molecule has 1 aromatic heterocycles. The quantitative estimate of drug-likeness (QED) is 0.509. The largest absolute Gasteiger partial charge is 0.392 e. The lowest BCUT2D eigenvalue weighted by atomic mass is 10.0. The van der Waals surface area contributed by atoms with Gasteiger partial charge in [-0.2, -0.15) is 0 Å². The first-order chi connectivity index (χ1) is 12.1. The minimum absolute atomic E-state index is 0.115. The highest BCUT2D eigenvalue weighted by atomic mass is 79.9. The highest BCUT2D eigenvalue weighted by Crippen LogP contribution is 2.21. The second kappa shape index (κ2) is 8.54. The number of nitrogens with zero attached hydrogens (tertiary/aromatic N) is 2. The van der Waals surface area contributed by atoms with E-state index in [4.69, 9.17) is 0 Å². The Hall–Kier alpha value is -1.38. The van der Waals surface area contributed by atoms with E-state index >= 15 is 0 Å². The van der Waals surface area contributed by atoms with Crippen LogP contribution in [0.5, 0.6) is 0 Å². The molecule has 2 N–H and O–H groups in total. The monoisotopic (exact) mass is 441 g/mol. The number of benzene rings is 1. The standard InChI is InChI=1S/C18H24BrN3O3S/c1-5-18(3,4)21-15(24)10-26-17-20-14-7-6-12(19)8-13(14)16(25)22(17)9-11(2)23/h6-8,11,23H,5,9-10H2,1-4H3,(H,21,24)/t11-/m1/s1. The lowest BCUT2D eigenvalue weighted by Gasteiger charge is -2.24. The second-order valence-electron chi connectivity index (χ2n) is 6.89. The average Bonchev–Trinajstić information content (AvgIpc) is 2.56. The van der Waals surface area contributed by atoms with Crippen LogP contribution in [0.1, 0.15) is 34.1 Å². The van der Waals surface area contributed by atoms with E-state index in [2.05, 4.69) is 26.2 Å². The maximum absolute atomic E-state index is 12.8. The summed E-state index contributed by atoms with van der Waals surface area (Å²) in [6.07, 6.45) is 0.116. The van der Waals surface area contributed by atoms with E-state index in [1.807, 2.05) is 26.8 Å². The summed E-state index contributed by atoms with van der Waals surface area (Å²) >= 11 is 4.56. The van der Waals surface area contributed by atoms with Gasteiger partial charge in [-0.15, -0.1) is 0 Å². The summed E-state index contributed by atoms with van der Waals surface area (Å²) in [4.78, 5) is 29.6. The molecule has 1 atom stereocenters. The number of fused-ring (bicyclic) bond motifs is 1. The molecular weight excluding hydrogens is 418 g/mol. The number of rotatable bonds is 7. The molecule has 26 heavy (non-hydrogen) atoms. The van der Waals surface area contributed by atoms with Crippen molar-refractivity contribution in [2.75, 3.05) is 5.75 Å². The molecule has 0 saturated heterocycles. The molecule has 1 amide bonds. The topological polar surface area (TPSA) is 84.2 Å². The molecule has 0 aliphatic heterocycles. The molecule has 0 aliphatic carbocycles. The molecule has 2 aromatic rings. The molecule has 0 unspecified atom stereocenters. The van der Waals surface area contributed by atoms with Gasteiger partial charge in [0.1, 0.15) is 0 Å². The van der Waals surface area contributed by atoms with Crippen molar-refractivity contribution in [1.29, 1.82) is 0 Å². The van der Waals surface area contributed by atoms with Crippen molar-refractivity contribution >= 4 is 44.5 Å². The minimum Gasteiger partial charge on any atom is -0.392 e. The summed E-state index contributed by atoms with van der Waals surface area (Å²) in [6, 6.07) is 5.30. The Balaban J connectivity index is 2.34. The van der Waals surface area contributed by atoms with E-state index in [1.165, 1.54) is 16.3 Å². The van der Waals surface area contributed by atoms with Gasteiger partial charge in [0.2, 0.25) is 5.91 Å². The Labute approximate surface area is 165 Å². The first-order valence-corrected chi connectivity index (χ1v) is 10.2. The highest BCUT2D eigenvalue weighted by molar-refractivity contribution is 9.10. The van der Waals surface area contributed by atoms with Crippen LogP contribution < -0.4 is 10.9 Å². The van der Waals surface area contributed by atoms with Gasteiger partial charge in [0.25, 0.3) is 5.56 Å². The zero-order chi connectivity index (χ0) is 19.5. The molecule has 0 aliphatic rings. The number of amides is 1. The Morgan fingerprint density at radius 2 is 2.15 bits per heavy atom. The van der Waals surface area contributed by atoms with Gasteiger partial charge in [0.15, 0.2) is 5.16 Å². The van der Waals surface area contributed by atoms with Crippen LogP contribution in [-0.4, -0.2) is 38.0 Å². The Bertz CT molecular complexity index is 865. The minimum atomic E-state index is -0.702. The summed E-state index contributed by atoms with van der Waals surface area (Å²) in [5.74, 6) is 0.0353. The molecule has 142 valence electrons. The van der Waals surface area contributed by atoms with E-state index in [9.17, 15) is 14.7 Å². The first-order valence-electron chi connectivity index (χ1n) is 8.45. The number of hydrogen-bond acceptors (Lipinski definition) is 5. The SMILES string of the molecule is CCC(C)(C)NC(=O)CSc1nc2ccc(Br)cc2c(=O)n1C[C@@H](C)O. The van der Waals surface area contributed by atoms with E-state index < -0.39 is 6.10 Å². The summed E-state index contributed by atoms with van der Waals surface area (Å²) in [7, 11) is 0. The fraction of sp³-hybridized carbons (Fsp3) is 0.500. The van der Waals surface area contributed by atoms with Crippen molar-refractivity contribution in [2.45, 2.75) is 57.5 Å². The number of aliphatic hydroxyl groups excluding tert-OH is 1. The first kappa shape index (κ1) is 20.9. The number of carbonyl (C=O) groups excluding carboxylic acids is 1. The fourth-order valence-corrected chi connectivity index (χ4v) is 3.51. The molecule has 0 fully saturated rings.